The minimum absolute atomic E-state index is 0.211. The first kappa shape index (κ1) is 16.2. The van der Waals surface area contributed by atoms with Gasteiger partial charge in [0.2, 0.25) is 0 Å². The van der Waals surface area contributed by atoms with Crippen molar-refractivity contribution in [1.29, 1.82) is 0 Å². The van der Waals surface area contributed by atoms with E-state index < -0.39 is 6.36 Å². The number of aromatic nitrogens is 2. The minimum Gasteiger partial charge on any atom is -0.406 e. The third-order valence-corrected chi connectivity index (χ3v) is 2.17. The predicted molar refractivity (Wildman–Crippen MR) is 70.5 cm³/mol. The molecule has 0 saturated heterocycles. The molecular weight excluding hydrogens is 293 g/mol. The van der Waals surface area contributed by atoms with E-state index in [-0.39, 0.29) is 10.9 Å². The second-order valence-electron chi connectivity index (χ2n) is 3.30. The van der Waals surface area contributed by atoms with Gasteiger partial charge in [0.1, 0.15) is 10.9 Å². The molecular formula is C13H12ClF3N2O. The Morgan fingerprint density at radius 1 is 1.05 bits per heavy atom. The van der Waals surface area contributed by atoms with Crippen molar-refractivity contribution in [2.45, 2.75) is 20.2 Å². The van der Waals surface area contributed by atoms with Crippen molar-refractivity contribution in [1.82, 2.24) is 9.97 Å². The van der Waals surface area contributed by atoms with Crippen molar-refractivity contribution >= 4 is 11.6 Å². The molecule has 0 amide bonds. The molecule has 0 aliphatic carbocycles. The van der Waals surface area contributed by atoms with Crippen molar-refractivity contribution < 1.29 is 17.9 Å². The molecule has 0 fully saturated rings. The lowest BCUT2D eigenvalue weighted by molar-refractivity contribution is -0.274. The van der Waals surface area contributed by atoms with E-state index in [4.69, 9.17) is 11.6 Å². The molecule has 0 N–H and O–H groups in total. The Morgan fingerprint density at radius 2 is 1.65 bits per heavy atom. The molecule has 0 spiro atoms. The molecule has 108 valence electrons. The van der Waals surface area contributed by atoms with Crippen LogP contribution in [0.5, 0.6) is 5.75 Å². The van der Waals surface area contributed by atoms with Gasteiger partial charge in [0.05, 0.1) is 18.1 Å². The Balaban J connectivity index is 0.000000956. The molecule has 1 aromatic carbocycles. The van der Waals surface area contributed by atoms with Gasteiger partial charge in [-0.05, 0) is 24.3 Å². The Labute approximate surface area is 119 Å². The summed E-state index contributed by atoms with van der Waals surface area (Å²) in [5.41, 5.74) is 1.07. The Hall–Kier alpha value is -1.82. The van der Waals surface area contributed by atoms with Gasteiger partial charge < -0.3 is 4.74 Å². The molecule has 0 aliphatic rings. The zero-order valence-electron chi connectivity index (χ0n) is 10.8. The molecule has 0 saturated carbocycles. The van der Waals surface area contributed by atoms with E-state index in [1.807, 2.05) is 13.8 Å². The zero-order chi connectivity index (χ0) is 15.2. The summed E-state index contributed by atoms with van der Waals surface area (Å²) in [4.78, 5) is 7.82. The highest BCUT2D eigenvalue weighted by atomic mass is 35.5. The van der Waals surface area contributed by atoms with Gasteiger partial charge in [-0.25, -0.2) is 4.98 Å². The third-order valence-electron chi connectivity index (χ3n) is 1.99. The van der Waals surface area contributed by atoms with E-state index in [1.165, 1.54) is 36.7 Å². The topological polar surface area (TPSA) is 35.0 Å². The van der Waals surface area contributed by atoms with Crippen LogP contribution in [0.3, 0.4) is 0 Å². The molecule has 20 heavy (non-hydrogen) atoms. The lowest BCUT2D eigenvalue weighted by Crippen LogP contribution is -2.16. The van der Waals surface area contributed by atoms with Gasteiger partial charge in [-0.2, -0.15) is 0 Å². The highest BCUT2D eigenvalue weighted by Gasteiger charge is 2.30. The number of ether oxygens (including phenoxy) is 1. The van der Waals surface area contributed by atoms with E-state index in [1.54, 1.807) is 0 Å². The standard InChI is InChI=1S/C11H6ClF3N2O.C2H6/c12-10-6-16-5-9(17-10)7-1-3-8(4-2-7)18-11(13,14)15;1-2/h1-6H;1-2H3. The Bertz CT molecular complexity index is 544. The van der Waals surface area contributed by atoms with Crippen LogP contribution in [-0.4, -0.2) is 16.3 Å². The normalized spacial score (nSPS) is 10.5. The summed E-state index contributed by atoms with van der Waals surface area (Å²) in [6, 6.07) is 5.29. The fourth-order valence-electron chi connectivity index (χ4n) is 1.31. The predicted octanol–water partition coefficient (Wildman–Crippen LogP) is 4.72. The molecule has 0 radical (unpaired) electrons. The average molecular weight is 305 g/mol. The Kier molecular flexibility index (Phi) is 5.76. The molecule has 7 heteroatoms. The van der Waals surface area contributed by atoms with Crippen LogP contribution in [0.15, 0.2) is 36.7 Å². The summed E-state index contributed by atoms with van der Waals surface area (Å²) in [5, 5.41) is 0.211. The molecule has 0 bridgehead atoms. The van der Waals surface area contributed by atoms with E-state index in [0.717, 1.165) is 0 Å². The summed E-state index contributed by atoms with van der Waals surface area (Å²) in [7, 11) is 0. The van der Waals surface area contributed by atoms with Gasteiger partial charge in [-0.15, -0.1) is 13.2 Å². The first-order valence-electron chi connectivity index (χ1n) is 5.78. The van der Waals surface area contributed by atoms with Crippen LogP contribution in [-0.2, 0) is 0 Å². The van der Waals surface area contributed by atoms with Crippen molar-refractivity contribution in [3.05, 3.63) is 41.8 Å². The highest BCUT2D eigenvalue weighted by Crippen LogP contribution is 2.25. The van der Waals surface area contributed by atoms with Gasteiger partial charge in [0.25, 0.3) is 0 Å². The number of alkyl halides is 3. The van der Waals surface area contributed by atoms with Crippen molar-refractivity contribution in [2.75, 3.05) is 0 Å². The monoisotopic (exact) mass is 304 g/mol. The number of halogens is 4. The van der Waals surface area contributed by atoms with Crippen LogP contribution in [0.25, 0.3) is 11.3 Å². The molecule has 1 aromatic heterocycles. The number of benzene rings is 1. The first-order chi connectivity index (χ1) is 9.44. The molecule has 0 aliphatic heterocycles. The van der Waals surface area contributed by atoms with Crippen LogP contribution in [0, 0.1) is 0 Å². The van der Waals surface area contributed by atoms with Crippen LogP contribution in [0.2, 0.25) is 5.15 Å². The molecule has 0 atom stereocenters. The minimum atomic E-state index is -4.70. The number of nitrogens with zero attached hydrogens (tertiary/aromatic N) is 2. The van der Waals surface area contributed by atoms with Crippen LogP contribution >= 0.6 is 11.6 Å². The van der Waals surface area contributed by atoms with Crippen molar-refractivity contribution in [2.24, 2.45) is 0 Å². The van der Waals surface area contributed by atoms with Crippen LogP contribution in [0.1, 0.15) is 13.8 Å². The van der Waals surface area contributed by atoms with Crippen molar-refractivity contribution in [3.63, 3.8) is 0 Å². The van der Waals surface area contributed by atoms with Gasteiger partial charge in [0.15, 0.2) is 0 Å². The average Bonchev–Trinajstić information content (AvgIpc) is 2.40. The fraction of sp³-hybridized carbons (Fsp3) is 0.231. The smallest absolute Gasteiger partial charge is 0.406 e. The molecule has 2 rings (SSSR count). The SMILES string of the molecule is CC.FC(F)(F)Oc1ccc(-c2cncc(Cl)n2)cc1. The summed E-state index contributed by atoms with van der Waals surface area (Å²) >= 11 is 5.67. The second kappa shape index (κ2) is 7.09. The van der Waals surface area contributed by atoms with E-state index in [9.17, 15) is 13.2 Å². The Morgan fingerprint density at radius 3 is 2.15 bits per heavy atom. The quantitative estimate of drug-likeness (QED) is 0.805. The maximum Gasteiger partial charge on any atom is 0.573 e. The van der Waals surface area contributed by atoms with Crippen LogP contribution in [0.4, 0.5) is 13.2 Å². The largest absolute Gasteiger partial charge is 0.573 e. The summed E-state index contributed by atoms with van der Waals surface area (Å²) < 4.78 is 39.6. The summed E-state index contributed by atoms with van der Waals surface area (Å²) in [5.74, 6) is -0.291. The lowest BCUT2D eigenvalue weighted by Gasteiger charge is -2.09. The molecule has 0 unspecified atom stereocenters. The van der Waals surface area contributed by atoms with Gasteiger partial charge in [-0.1, -0.05) is 25.4 Å². The number of hydrogen-bond acceptors (Lipinski definition) is 3. The zero-order valence-corrected chi connectivity index (χ0v) is 11.5. The summed E-state index contributed by atoms with van der Waals surface area (Å²) in [6.45, 7) is 4.00. The summed E-state index contributed by atoms with van der Waals surface area (Å²) in [6.07, 6.45) is -1.87. The number of hydrogen-bond donors (Lipinski definition) is 0. The van der Waals surface area contributed by atoms with Gasteiger partial charge >= 0.3 is 6.36 Å². The fourth-order valence-corrected chi connectivity index (χ4v) is 1.46. The molecule has 2 aromatic rings. The first-order valence-corrected chi connectivity index (χ1v) is 6.15. The van der Waals surface area contributed by atoms with E-state index in [0.29, 0.717) is 11.3 Å². The third kappa shape index (κ3) is 5.05. The van der Waals surface area contributed by atoms with Crippen molar-refractivity contribution in [3.8, 4) is 17.0 Å². The highest BCUT2D eigenvalue weighted by molar-refractivity contribution is 6.29. The molecule has 1 heterocycles. The van der Waals surface area contributed by atoms with Gasteiger partial charge in [-0.3, -0.25) is 4.98 Å². The molecule has 3 nitrogen and oxygen atoms in total. The van der Waals surface area contributed by atoms with E-state index in [2.05, 4.69) is 14.7 Å². The maximum absolute atomic E-state index is 12.0. The van der Waals surface area contributed by atoms with Gasteiger partial charge in [0, 0.05) is 5.56 Å². The lowest BCUT2D eigenvalue weighted by atomic mass is 10.1. The number of rotatable bonds is 2. The van der Waals surface area contributed by atoms with E-state index >= 15 is 0 Å². The van der Waals surface area contributed by atoms with Crippen LogP contribution < -0.4 is 4.74 Å². The maximum atomic E-state index is 12.0. The second-order valence-corrected chi connectivity index (χ2v) is 3.69.